The van der Waals surface area contributed by atoms with Gasteiger partial charge in [0.2, 0.25) is 5.91 Å². The molecule has 17 heteroatoms. The first-order valence-corrected chi connectivity index (χ1v) is 17.3. The summed E-state index contributed by atoms with van der Waals surface area (Å²) in [4.78, 5) is 51.5. The molecule has 0 radical (unpaired) electrons. The smallest absolute Gasteiger partial charge is 0.387 e. The van der Waals surface area contributed by atoms with Crippen molar-refractivity contribution in [3.05, 3.63) is 59.6 Å². The van der Waals surface area contributed by atoms with Gasteiger partial charge in [-0.2, -0.15) is 19.0 Å². The Balaban J connectivity index is 1.03. The summed E-state index contributed by atoms with van der Waals surface area (Å²) in [6.45, 7) is 2.44. The van der Waals surface area contributed by atoms with Gasteiger partial charge in [-0.15, -0.1) is 0 Å². The van der Waals surface area contributed by atoms with Crippen LogP contribution in [-0.2, 0) is 11.3 Å². The molecule has 3 fully saturated rings. The molecule has 0 aliphatic carbocycles. The number of aromatic nitrogens is 5. The number of amides is 4. The average molecular weight is 725 g/mol. The highest BCUT2D eigenvalue weighted by molar-refractivity contribution is 6.31. The first-order valence-electron chi connectivity index (χ1n) is 16.9. The van der Waals surface area contributed by atoms with E-state index < -0.39 is 12.5 Å². The molecule has 0 spiro atoms. The molecule has 1 N–H and O–H groups in total. The van der Waals surface area contributed by atoms with Crippen molar-refractivity contribution in [1.29, 1.82) is 0 Å². The number of hydrogen-bond donors (Lipinski definition) is 1. The van der Waals surface area contributed by atoms with Crippen molar-refractivity contribution in [2.45, 2.75) is 26.0 Å². The second-order valence-electron chi connectivity index (χ2n) is 13.7. The van der Waals surface area contributed by atoms with Gasteiger partial charge in [-0.3, -0.25) is 14.3 Å². The number of carbonyl (C=O) groups excluding carboxylic acids is 3. The molecule has 270 valence electrons. The highest BCUT2D eigenvalue weighted by atomic mass is 35.5. The number of urea groups is 1. The van der Waals surface area contributed by atoms with Crippen LogP contribution >= 0.6 is 11.6 Å². The maximum atomic E-state index is 13.6. The van der Waals surface area contributed by atoms with Crippen molar-refractivity contribution < 1.29 is 27.9 Å². The number of halogens is 3. The number of fused-ring (bicyclic) bond motifs is 2. The minimum atomic E-state index is -3.12. The first kappa shape index (κ1) is 34.6. The van der Waals surface area contributed by atoms with Crippen LogP contribution in [0.15, 0.2) is 49.1 Å². The van der Waals surface area contributed by atoms with Crippen LogP contribution in [-0.4, -0.2) is 128 Å². The summed E-state index contributed by atoms with van der Waals surface area (Å²) in [5.74, 6) is 0.400. The zero-order valence-electron chi connectivity index (χ0n) is 28.3. The quantitative estimate of drug-likeness (QED) is 0.275. The van der Waals surface area contributed by atoms with E-state index in [1.165, 1.54) is 46.0 Å². The molecule has 3 saturated heterocycles. The number of hydrogen-bond acceptors (Lipinski definition) is 8. The minimum Gasteiger partial charge on any atom is -0.434 e. The van der Waals surface area contributed by atoms with Crippen molar-refractivity contribution in [3.8, 4) is 17.0 Å². The van der Waals surface area contributed by atoms with Crippen molar-refractivity contribution in [1.82, 2.24) is 44.0 Å². The van der Waals surface area contributed by atoms with Gasteiger partial charge in [-0.05, 0) is 54.9 Å². The van der Waals surface area contributed by atoms with Crippen LogP contribution in [0.2, 0.25) is 5.02 Å². The molecule has 7 rings (SSSR count). The number of alkyl halides is 2. The molecule has 6 heterocycles. The Labute approximate surface area is 297 Å². The van der Waals surface area contributed by atoms with E-state index in [1.807, 2.05) is 9.80 Å². The Kier molecular flexibility index (Phi) is 9.79. The second-order valence-corrected chi connectivity index (χ2v) is 14.1. The Morgan fingerprint density at radius 2 is 1.82 bits per heavy atom. The van der Waals surface area contributed by atoms with Gasteiger partial charge in [0.15, 0.2) is 5.65 Å². The largest absolute Gasteiger partial charge is 0.434 e. The topological polar surface area (TPSA) is 133 Å². The van der Waals surface area contributed by atoms with E-state index in [0.717, 1.165) is 45.6 Å². The van der Waals surface area contributed by atoms with Crippen LogP contribution < -0.4 is 10.1 Å². The van der Waals surface area contributed by atoms with Crippen LogP contribution in [0.1, 0.15) is 23.2 Å². The van der Waals surface area contributed by atoms with E-state index in [1.54, 1.807) is 31.3 Å². The number of nitrogens with one attached hydrogen (secondary N) is 1. The summed E-state index contributed by atoms with van der Waals surface area (Å²) < 4.78 is 34.4. The van der Waals surface area contributed by atoms with Gasteiger partial charge < -0.3 is 29.7 Å². The molecule has 2 atom stereocenters. The fourth-order valence-corrected chi connectivity index (χ4v) is 7.66. The summed E-state index contributed by atoms with van der Waals surface area (Å²) in [5.41, 5.74) is 0.889. The molecule has 0 bridgehead atoms. The van der Waals surface area contributed by atoms with Gasteiger partial charge in [0.25, 0.3) is 5.91 Å². The summed E-state index contributed by atoms with van der Waals surface area (Å²) >= 11 is 6.26. The number of anilines is 1. The van der Waals surface area contributed by atoms with Crippen LogP contribution in [0.25, 0.3) is 16.9 Å². The monoisotopic (exact) mass is 724 g/mol. The molecule has 3 aliphatic rings. The Morgan fingerprint density at radius 1 is 1.08 bits per heavy atom. The highest BCUT2D eigenvalue weighted by Gasteiger charge is 2.42. The number of rotatable bonds is 9. The molecular formula is C34H39ClF2N10O4. The number of ether oxygens (including phenoxy) is 1. The van der Waals surface area contributed by atoms with E-state index in [9.17, 15) is 23.2 Å². The maximum Gasteiger partial charge on any atom is 0.387 e. The zero-order chi connectivity index (χ0) is 35.8. The molecule has 1 unspecified atom stereocenters. The fraction of sp³-hybridized carbons (Fsp3) is 0.471. The molecule has 3 aliphatic heterocycles. The van der Waals surface area contributed by atoms with Gasteiger partial charge in [0, 0.05) is 89.1 Å². The van der Waals surface area contributed by atoms with Crippen LogP contribution in [0.5, 0.6) is 5.75 Å². The van der Waals surface area contributed by atoms with Gasteiger partial charge in [0.1, 0.15) is 23.6 Å². The van der Waals surface area contributed by atoms with E-state index >= 15 is 0 Å². The number of likely N-dealkylation sites (tertiary alicyclic amines) is 3. The predicted molar refractivity (Wildman–Crippen MR) is 184 cm³/mol. The third-order valence-electron chi connectivity index (χ3n) is 9.94. The van der Waals surface area contributed by atoms with Gasteiger partial charge in [-0.1, -0.05) is 11.6 Å². The third-order valence-corrected chi connectivity index (χ3v) is 10.2. The lowest BCUT2D eigenvalue weighted by Crippen LogP contribution is -2.45. The van der Waals surface area contributed by atoms with E-state index in [-0.39, 0.29) is 51.8 Å². The van der Waals surface area contributed by atoms with Gasteiger partial charge >= 0.3 is 12.6 Å². The average Bonchev–Trinajstić information content (AvgIpc) is 3.88. The van der Waals surface area contributed by atoms with Crippen LogP contribution in [0.4, 0.5) is 19.3 Å². The lowest BCUT2D eigenvalue weighted by molar-refractivity contribution is -0.131. The van der Waals surface area contributed by atoms with Crippen molar-refractivity contribution in [2.75, 3.05) is 65.2 Å². The molecule has 14 nitrogen and oxygen atoms in total. The molecule has 1 aromatic carbocycles. The fourth-order valence-electron chi connectivity index (χ4n) is 7.49. The van der Waals surface area contributed by atoms with Gasteiger partial charge in [0.05, 0.1) is 11.9 Å². The van der Waals surface area contributed by atoms with Crippen LogP contribution in [0.3, 0.4) is 0 Å². The molecule has 3 aromatic heterocycles. The summed E-state index contributed by atoms with van der Waals surface area (Å²) in [5, 5.41) is 11.8. The standard InChI is InChI=1S/C34H39ClF2N10O4/c1-42(2)34(50)44-10-6-21(7-11-44)14-43-15-22-17-45(18-23(22)16-43)29(48)20-46-19-27(40-32(49)26-13-39-47-9-3-8-38-31(26)47)30(41-46)25-12-24(35)4-5-28(25)51-33(36)37/h3-5,8-9,12-13,19,21-23,33H,6-7,10-11,14-18,20H2,1-2H3,(H,40,49)/t22-,23?/m0/s1. The number of benzene rings is 1. The van der Waals surface area contributed by atoms with Crippen molar-refractivity contribution in [2.24, 2.45) is 17.8 Å². The number of piperidine rings is 1. The molecule has 4 amide bonds. The third kappa shape index (κ3) is 7.47. The number of carbonyl (C=O) groups is 3. The Morgan fingerprint density at radius 3 is 2.53 bits per heavy atom. The van der Waals surface area contributed by atoms with Crippen LogP contribution in [0, 0.1) is 17.8 Å². The maximum absolute atomic E-state index is 13.6. The van der Waals surface area contributed by atoms with Crippen molar-refractivity contribution >= 4 is 40.8 Å². The molecule has 4 aromatic rings. The lowest BCUT2D eigenvalue weighted by Gasteiger charge is -2.35. The van der Waals surface area contributed by atoms with E-state index in [4.69, 9.17) is 16.3 Å². The highest BCUT2D eigenvalue weighted by Crippen LogP contribution is 2.38. The second kappa shape index (κ2) is 14.4. The normalized spacial score (nSPS) is 19.6. The molecule has 51 heavy (non-hydrogen) atoms. The lowest BCUT2D eigenvalue weighted by atomic mass is 9.96. The number of nitrogens with zero attached hydrogens (tertiary/aromatic N) is 9. The Hall–Kier alpha value is -4.83. The minimum absolute atomic E-state index is 0.0668. The van der Waals surface area contributed by atoms with E-state index in [2.05, 4.69) is 25.4 Å². The molecule has 0 saturated carbocycles. The van der Waals surface area contributed by atoms with Gasteiger partial charge in [-0.25, -0.2) is 14.3 Å². The predicted octanol–water partition coefficient (Wildman–Crippen LogP) is 3.88. The van der Waals surface area contributed by atoms with E-state index in [0.29, 0.717) is 36.5 Å². The molecular weight excluding hydrogens is 686 g/mol. The van der Waals surface area contributed by atoms with Crippen molar-refractivity contribution in [3.63, 3.8) is 0 Å². The SMILES string of the molecule is CN(C)C(=O)N1CCC(CN2CC3CN(C(=O)Cn4cc(NC(=O)c5cnn6cccnc56)c(-c5cc(Cl)ccc5OC(F)F)n4)C[C@@H]3C2)CC1. The summed E-state index contributed by atoms with van der Waals surface area (Å²) in [6, 6.07) is 5.87. The Bertz CT molecular complexity index is 1910. The zero-order valence-corrected chi connectivity index (χ0v) is 29.0. The summed E-state index contributed by atoms with van der Waals surface area (Å²) in [6.07, 6.45) is 8.04. The summed E-state index contributed by atoms with van der Waals surface area (Å²) in [7, 11) is 3.56. The first-order chi connectivity index (χ1) is 24.5.